The van der Waals surface area contributed by atoms with Crippen molar-refractivity contribution in [3.8, 4) is 44.8 Å². The minimum Gasteiger partial charge on any atom is -0.256 e. The Balaban J connectivity index is 1.00. The SMILES string of the molecule is C1=C(c2ccc(-c3cccc(-c4nc5ccccc5nc4-c4ccccc4)c3)cc2)CCC=C1c1cnc2cccc3c2c1-c1ccccc1S3. The topological polar surface area (TPSA) is 38.7 Å². The summed E-state index contributed by atoms with van der Waals surface area (Å²) >= 11 is 1.85. The molecule has 240 valence electrons. The lowest BCUT2D eigenvalue weighted by atomic mass is 9.86. The zero-order chi connectivity index (χ0) is 33.7. The largest absolute Gasteiger partial charge is 0.256 e. The third-order valence-electron chi connectivity index (χ3n) is 9.99. The van der Waals surface area contributed by atoms with Crippen molar-refractivity contribution in [1.29, 1.82) is 0 Å². The van der Waals surface area contributed by atoms with Crippen LogP contribution in [0.3, 0.4) is 0 Å². The van der Waals surface area contributed by atoms with Gasteiger partial charge in [-0.1, -0.05) is 133 Å². The predicted molar refractivity (Wildman–Crippen MR) is 212 cm³/mol. The fourth-order valence-electron chi connectivity index (χ4n) is 7.51. The van der Waals surface area contributed by atoms with Crippen LogP contribution in [0.25, 0.3) is 77.9 Å². The molecule has 0 N–H and O–H groups in total. The molecule has 3 heterocycles. The van der Waals surface area contributed by atoms with Crippen molar-refractivity contribution in [1.82, 2.24) is 15.0 Å². The number of nitrogens with zero attached hydrogens (tertiary/aromatic N) is 3. The first-order chi connectivity index (χ1) is 25.3. The van der Waals surface area contributed by atoms with Crippen molar-refractivity contribution < 1.29 is 0 Å². The summed E-state index contributed by atoms with van der Waals surface area (Å²) in [5.74, 6) is 0. The predicted octanol–water partition coefficient (Wildman–Crippen LogP) is 12.6. The minimum atomic E-state index is 0.889. The van der Waals surface area contributed by atoms with Crippen LogP contribution in [0.1, 0.15) is 24.0 Å². The third-order valence-corrected chi connectivity index (χ3v) is 11.1. The Kier molecular flexibility index (Phi) is 7.21. The molecule has 8 aromatic rings. The molecule has 0 unspecified atom stereocenters. The van der Waals surface area contributed by atoms with Crippen molar-refractivity contribution in [2.45, 2.75) is 22.6 Å². The van der Waals surface area contributed by atoms with Gasteiger partial charge in [-0.3, -0.25) is 4.98 Å². The Bertz CT molecular complexity index is 2710. The number of para-hydroxylation sites is 2. The molecule has 0 radical (unpaired) electrons. The molecule has 0 bridgehead atoms. The van der Waals surface area contributed by atoms with E-state index in [1.165, 1.54) is 54.1 Å². The highest BCUT2D eigenvalue weighted by molar-refractivity contribution is 7.99. The number of fused-ring (bicyclic) bond motifs is 3. The molecule has 10 rings (SSSR count). The van der Waals surface area contributed by atoms with E-state index in [2.05, 4.69) is 134 Å². The summed E-state index contributed by atoms with van der Waals surface area (Å²) in [7, 11) is 0. The summed E-state index contributed by atoms with van der Waals surface area (Å²) in [4.78, 5) is 17.7. The van der Waals surface area contributed by atoms with E-state index in [9.17, 15) is 0 Å². The van der Waals surface area contributed by atoms with Crippen molar-refractivity contribution in [3.05, 3.63) is 175 Å². The first-order valence-electron chi connectivity index (χ1n) is 17.4. The van der Waals surface area contributed by atoms with Gasteiger partial charge in [0.15, 0.2) is 0 Å². The number of aromatic nitrogens is 3. The van der Waals surface area contributed by atoms with E-state index in [4.69, 9.17) is 15.0 Å². The van der Waals surface area contributed by atoms with E-state index < -0.39 is 0 Å². The van der Waals surface area contributed by atoms with E-state index >= 15 is 0 Å². The van der Waals surface area contributed by atoms with Gasteiger partial charge in [0, 0.05) is 43.6 Å². The van der Waals surface area contributed by atoms with Crippen LogP contribution in [0.15, 0.2) is 174 Å². The zero-order valence-electron chi connectivity index (χ0n) is 27.8. The van der Waals surface area contributed by atoms with Crippen LogP contribution < -0.4 is 0 Å². The summed E-state index contributed by atoms with van der Waals surface area (Å²) in [6.07, 6.45) is 8.86. The molecular weight excluding hydrogens is 639 g/mol. The van der Waals surface area contributed by atoms with Crippen LogP contribution in [-0.4, -0.2) is 15.0 Å². The van der Waals surface area contributed by atoms with Gasteiger partial charge < -0.3 is 0 Å². The molecule has 1 aliphatic carbocycles. The molecule has 2 aliphatic rings. The second kappa shape index (κ2) is 12.3. The average Bonchev–Trinajstić information content (AvgIpc) is 3.21. The van der Waals surface area contributed by atoms with E-state index in [0.717, 1.165) is 57.5 Å². The highest BCUT2D eigenvalue weighted by atomic mass is 32.2. The van der Waals surface area contributed by atoms with Gasteiger partial charge in [-0.15, -0.1) is 0 Å². The second-order valence-corrected chi connectivity index (χ2v) is 14.2. The van der Waals surface area contributed by atoms with E-state index in [1.807, 2.05) is 42.1 Å². The van der Waals surface area contributed by atoms with Crippen molar-refractivity contribution in [3.63, 3.8) is 0 Å². The molecule has 0 atom stereocenters. The highest BCUT2D eigenvalue weighted by Crippen LogP contribution is 2.50. The molecular formula is C47H31N3S. The molecule has 4 heteroatoms. The van der Waals surface area contributed by atoms with Crippen LogP contribution in [0.5, 0.6) is 0 Å². The quantitative estimate of drug-likeness (QED) is 0.183. The number of allylic oxidation sites excluding steroid dienone is 4. The van der Waals surface area contributed by atoms with Gasteiger partial charge in [-0.2, -0.15) is 0 Å². The zero-order valence-corrected chi connectivity index (χ0v) is 28.6. The number of rotatable bonds is 5. The molecule has 51 heavy (non-hydrogen) atoms. The molecule has 0 fully saturated rings. The Morgan fingerprint density at radius 2 is 1.14 bits per heavy atom. The Morgan fingerprint density at radius 3 is 1.98 bits per heavy atom. The number of pyridine rings is 1. The average molecular weight is 670 g/mol. The standard InChI is InChI=1S/C47H31N3S/c1-2-11-32(12-3-1)46-47(50-40-19-6-5-18-39(40)49-46)36-16-9-14-34(28-36)31-25-23-30(24-26-31)33-13-8-15-35(27-33)38-29-48-41-20-10-22-43-45(41)44(38)37-17-4-7-21-42(37)51-43/h1-7,9-12,14-29H,8,13H2. The number of hydrogen-bond acceptors (Lipinski definition) is 4. The van der Waals surface area contributed by atoms with Gasteiger partial charge >= 0.3 is 0 Å². The van der Waals surface area contributed by atoms with Gasteiger partial charge in [0.05, 0.1) is 27.9 Å². The van der Waals surface area contributed by atoms with Crippen LogP contribution in [-0.2, 0) is 0 Å². The molecule has 0 saturated carbocycles. The first-order valence-corrected chi connectivity index (χ1v) is 18.2. The maximum atomic E-state index is 5.13. The second-order valence-electron chi connectivity index (χ2n) is 13.1. The molecule has 0 amide bonds. The molecule has 3 nitrogen and oxygen atoms in total. The van der Waals surface area contributed by atoms with E-state index in [1.54, 1.807) is 0 Å². The lowest BCUT2D eigenvalue weighted by Gasteiger charge is -2.24. The number of hydrogen-bond donors (Lipinski definition) is 0. The summed E-state index contributed by atoms with van der Waals surface area (Å²) in [5, 5.41) is 1.26. The number of benzene rings is 6. The molecule has 1 aliphatic heterocycles. The van der Waals surface area contributed by atoms with Crippen molar-refractivity contribution >= 4 is 44.8 Å². The lowest BCUT2D eigenvalue weighted by Crippen LogP contribution is -2.01. The lowest BCUT2D eigenvalue weighted by molar-refractivity contribution is 1.06. The molecule has 6 aromatic carbocycles. The van der Waals surface area contributed by atoms with Gasteiger partial charge in [0.1, 0.15) is 0 Å². The van der Waals surface area contributed by atoms with Crippen molar-refractivity contribution in [2.24, 2.45) is 0 Å². The maximum Gasteiger partial charge on any atom is 0.0973 e. The third kappa shape index (κ3) is 5.27. The first kappa shape index (κ1) is 29.8. The van der Waals surface area contributed by atoms with E-state index in [-0.39, 0.29) is 0 Å². The molecule has 0 saturated heterocycles. The minimum absolute atomic E-state index is 0.889. The van der Waals surface area contributed by atoms with Gasteiger partial charge in [0.25, 0.3) is 0 Å². The molecule has 0 spiro atoms. The van der Waals surface area contributed by atoms with Crippen LogP contribution in [0, 0.1) is 0 Å². The summed E-state index contributed by atoms with van der Waals surface area (Å²) in [6.45, 7) is 0. The molecule has 2 aromatic heterocycles. The monoisotopic (exact) mass is 669 g/mol. The smallest absolute Gasteiger partial charge is 0.0973 e. The fourth-order valence-corrected chi connectivity index (χ4v) is 8.63. The van der Waals surface area contributed by atoms with Crippen LogP contribution in [0.4, 0.5) is 0 Å². The van der Waals surface area contributed by atoms with Crippen molar-refractivity contribution in [2.75, 3.05) is 0 Å². The summed E-state index contributed by atoms with van der Waals surface area (Å²) in [5.41, 5.74) is 16.7. The van der Waals surface area contributed by atoms with Gasteiger partial charge in [-0.25, -0.2) is 9.97 Å². The Morgan fingerprint density at radius 1 is 0.490 bits per heavy atom. The highest BCUT2D eigenvalue weighted by Gasteiger charge is 2.24. The Hall–Kier alpha value is -6.10. The van der Waals surface area contributed by atoms with Gasteiger partial charge in [-0.05, 0) is 82.6 Å². The van der Waals surface area contributed by atoms with E-state index in [0.29, 0.717) is 0 Å². The Labute approximate surface area is 301 Å². The normalized spacial score (nSPS) is 13.5. The van der Waals surface area contributed by atoms with Crippen LogP contribution >= 0.6 is 11.8 Å². The summed E-state index contributed by atoms with van der Waals surface area (Å²) < 4.78 is 0. The fraction of sp³-hybridized carbons (Fsp3) is 0.0426. The maximum absolute atomic E-state index is 5.13. The van der Waals surface area contributed by atoms with Gasteiger partial charge in [0.2, 0.25) is 0 Å². The summed E-state index contributed by atoms with van der Waals surface area (Å²) in [6, 6.07) is 51.4. The van der Waals surface area contributed by atoms with Crippen LogP contribution in [0.2, 0.25) is 0 Å².